The van der Waals surface area contributed by atoms with Crippen molar-refractivity contribution >= 4 is 38.3 Å². The number of fused-ring (bicyclic) bond motifs is 1. The highest BCUT2D eigenvalue weighted by Gasteiger charge is 2.47. The van der Waals surface area contributed by atoms with Crippen LogP contribution < -0.4 is 9.80 Å². The zero-order chi connectivity index (χ0) is 24.0. The van der Waals surface area contributed by atoms with Gasteiger partial charge in [-0.05, 0) is 47.9 Å². The first-order valence-electron chi connectivity index (χ1n) is 11.5. The van der Waals surface area contributed by atoms with Gasteiger partial charge in [0.15, 0.2) is 6.04 Å². The molecule has 2 aliphatic rings. The van der Waals surface area contributed by atoms with Crippen LogP contribution in [0.5, 0.6) is 0 Å². The fourth-order valence-electron chi connectivity index (χ4n) is 5.18. The third-order valence-electron chi connectivity index (χ3n) is 7.03. The average molecular weight is 479 g/mol. The number of anilines is 1. The van der Waals surface area contributed by atoms with Crippen LogP contribution in [0.1, 0.15) is 17.5 Å². The Balaban J connectivity index is 1.31. The maximum absolute atomic E-state index is 13.3. The number of amides is 2. The largest absolute Gasteiger partial charge is 0.322 e. The number of benzene rings is 3. The van der Waals surface area contributed by atoms with Crippen molar-refractivity contribution in [3.63, 3.8) is 0 Å². The fourth-order valence-corrected chi connectivity index (χ4v) is 6.66. The minimum atomic E-state index is -3.63. The van der Waals surface area contributed by atoms with Crippen LogP contribution in [0.2, 0.25) is 0 Å². The van der Waals surface area contributed by atoms with Crippen LogP contribution in [0.3, 0.4) is 0 Å². The topological polar surface area (TPSA) is 79.2 Å². The first-order chi connectivity index (χ1) is 16.3. The Hall–Kier alpha value is -3.07. The van der Waals surface area contributed by atoms with E-state index in [4.69, 9.17) is 0 Å². The van der Waals surface area contributed by atoms with Crippen LogP contribution >= 0.6 is 0 Å². The van der Waals surface area contributed by atoms with Gasteiger partial charge in [0, 0.05) is 0 Å². The van der Waals surface area contributed by atoms with Crippen molar-refractivity contribution in [1.29, 1.82) is 0 Å². The van der Waals surface area contributed by atoms with Crippen molar-refractivity contribution in [2.75, 3.05) is 31.1 Å². The van der Waals surface area contributed by atoms with Crippen LogP contribution in [0.15, 0.2) is 65.6 Å². The molecule has 2 amide bonds. The lowest BCUT2D eigenvalue weighted by molar-refractivity contribution is -0.918. The van der Waals surface area contributed by atoms with E-state index in [1.165, 1.54) is 9.21 Å². The van der Waals surface area contributed by atoms with E-state index in [1.807, 2.05) is 62.4 Å². The van der Waals surface area contributed by atoms with Crippen molar-refractivity contribution in [1.82, 2.24) is 4.31 Å². The molecule has 1 atom stereocenters. The summed E-state index contributed by atoms with van der Waals surface area (Å²) in [5, 5.41) is 1.88. The Morgan fingerprint density at radius 3 is 2.18 bits per heavy atom. The number of carbonyl (C=O) groups is 2. The smallest absolute Gasteiger partial charge is 0.292 e. The third kappa shape index (κ3) is 3.81. The Kier molecular flexibility index (Phi) is 5.75. The van der Waals surface area contributed by atoms with E-state index in [0.29, 0.717) is 31.9 Å². The molecule has 0 aliphatic carbocycles. The predicted molar refractivity (Wildman–Crippen MR) is 130 cm³/mol. The summed E-state index contributed by atoms with van der Waals surface area (Å²) in [4.78, 5) is 28.7. The molecule has 0 radical (unpaired) electrons. The van der Waals surface area contributed by atoms with Crippen LogP contribution in [-0.4, -0.2) is 56.8 Å². The summed E-state index contributed by atoms with van der Waals surface area (Å²) in [6.45, 7) is 5.39. The summed E-state index contributed by atoms with van der Waals surface area (Å²) in [5.41, 5.74) is 2.46. The number of rotatable bonds is 4. The van der Waals surface area contributed by atoms with E-state index in [2.05, 4.69) is 0 Å². The van der Waals surface area contributed by atoms with Gasteiger partial charge in [-0.1, -0.05) is 48.5 Å². The van der Waals surface area contributed by atoms with Crippen LogP contribution in [0.25, 0.3) is 10.8 Å². The monoisotopic (exact) mass is 478 g/mol. The molecule has 0 spiro atoms. The Bertz CT molecular complexity index is 1370. The molecule has 2 aliphatic heterocycles. The number of imide groups is 1. The zero-order valence-electron chi connectivity index (χ0n) is 19.3. The summed E-state index contributed by atoms with van der Waals surface area (Å²) in [5.74, 6) is -0.380. The SMILES string of the molecule is Cc1cccc(C)c1N1C(=O)C[C@@H]([NH+]2CCN(S(=O)(=O)c3ccc4ccccc4c3)CC2)C1=O. The molecule has 1 N–H and O–H groups in total. The lowest BCUT2D eigenvalue weighted by Crippen LogP contribution is -3.19. The van der Waals surface area contributed by atoms with Crippen LogP contribution in [0.4, 0.5) is 5.69 Å². The van der Waals surface area contributed by atoms with Crippen molar-refractivity contribution < 1.29 is 22.9 Å². The van der Waals surface area contributed by atoms with Gasteiger partial charge in [-0.15, -0.1) is 0 Å². The van der Waals surface area contributed by atoms with Gasteiger partial charge in [-0.25, -0.2) is 13.3 Å². The van der Waals surface area contributed by atoms with Gasteiger partial charge >= 0.3 is 0 Å². The molecular formula is C26H28N3O4S+. The zero-order valence-corrected chi connectivity index (χ0v) is 20.1. The van der Waals surface area contributed by atoms with Gasteiger partial charge < -0.3 is 4.90 Å². The van der Waals surface area contributed by atoms with Crippen molar-refractivity contribution in [2.45, 2.75) is 31.2 Å². The maximum atomic E-state index is 13.3. The van der Waals surface area contributed by atoms with Crippen molar-refractivity contribution in [3.05, 3.63) is 71.8 Å². The van der Waals surface area contributed by atoms with E-state index in [-0.39, 0.29) is 23.1 Å². The van der Waals surface area contributed by atoms with Crippen molar-refractivity contribution in [3.8, 4) is 0 Å². The Morgan fingerprint density at radius 1 is 0.853 bits per heavy atom. The number of nitrogens with zero attached hydrogens (tertiary/aromatic N) is 2. The average Bonchev–Trinajstić information content (AvgIpc) is 3.12. The molecule has 2 fully saturated rings. The van der Waals surface area contributed by atoms with Crippen LogP contribution in [0, 0.1) is 13.8 Å². The number of nitrogens with one attached hydrogen (secondary N) is 1. The Labute approximate surface area is 199 Å². The van der Waals surface area contributed by atoms with Gasteiger partial charge in [-0.3, -0.25) is 9.59 Å². The number of hydrogen-bond acceptors (Lipinski definition) is 4. The predicted octanol–water partition coefficient (Wildman–Crippen LogP) is 1.68. The summed E-state index contributed by atoms with van der Waals surface area (Å²) in [6, 6.07) is 18.1. The number of piperazine rings is 1. The molecule has 0 bridgehead atoms. The standard InChI is InChI=1S/C26H27N3O4S/c1-18-6-5-7-19(2)25(18)29-24(30)17-23(26(29)31)27-12-14-28(15-13-27)34(32,33)22-11-10-20-8-3-4-9-21(20)16-22/h3-11,16,23H,12-15,17H2,1-2H3/p+1/t23-/m1/s1. The number of quaternary nitrogens is 1. The highest BCUT2D eigenvalue weighted by atomic mass is 32.2. The minimum Gasteiger partial charge on any atom is -0.322 e. The first-order valence-corrected chi connectivity index (χ1v) is 13.0. The molecule has 0 aromatic heterocycles. The highest BCUT2D eigenvalue weighted by molar-refractivity contribution is 7.89. The highest BCUT2D eigenvalue weighted by Crippen LogP contribution is 2.29. The van der Waals surface area contributed by atoms with Crippen molar-refractivity contribution in [2.24, 2.45) is 0 Å². The van der Waals surface area contributed by atoms with Gasteiger partial charge in [0.05, 0.1) is 43.2 Å². The maximum Gasteiger partial charge on any atom is 0.292 e. The Morgan fingerprint density at radius 2 is 1.50 bits per heavy atom. The fraction of sp³-hybridized carbons (Fsp3) is 0.308. The molecule has 34 heavy (non-hydrogen) atoms. The van der Waals surface area contributed by atoms with Gasteiger partial charge in [0.2, 0.25) is 15.9 Å². The van der Waals surface area contributed by atoms with Gasteiger partial charge in [-0.2, -0.15) is 4.31 Å². The summed E-state index contributed by atoms with van der Waals surface area (Å²) in [7, 11) is -3.63. The molecule has 0 unspecified atom stereocenters. The second-order valence-corrected chi connectivity index (χ2v) is 11.1. The molecule has 2 saturated heterocycles. The molecule has 2 heterocycles. The van der Waals surface area contributed by atoms with Crippen LogP contribution in [-0.2, 0) is 19.6 Å². The molecule has 5 rings (SSSR count). The summed E-state index contributed by atoms with van der Waals surface area (Å²) >= 11 is 0. The third-order valence-corrected chi connectivity index (χ3v) is 8.92. The summed E-state index contributed by atoms with van der Waals surface area (Å²) < 4.78 is 28.0. The van der Waals surface area contributed by atoms with E-state index >= 15 is 0 Å². The minimum absolute atomic E-state index is 0.152. The molecule has 7 nitrogen and oxygen atoms in total. The first kappa shape index (κ1) is 22.7. The number of para-hydroxylation sites is 1. The summed E-state index contributed by atoms with van der Waals surface area (Å²) in [6.07, 6.45) is 0.152. The molecular weight excluding hydrogens is 450 g/mol. The lowest BCUT2D eigenvalue weighted by atomic mass is 10.1. The second-order valence-electron chi connectivity index (χ2n) is 9.14. The number of sulfonamides is 1. The van der Waals surface area contributed by atoms with E-state index in [1.54, 1.807) is 12.1 Å². The van der Waals surface area contributed by atoms with E-state index < -0.39 is 16.1 Å². The number of carbonyl (C=O) groups excluding carboxylic acids is 2. The van der Waals surface area contributed by atoms with Gasteiger partial charge in [0.1, 0.15) is 0 Å². The molecule has 8 heteroatoms. The molecule has 3 aromatic rings. The quantitative estimate of drug-likeness (QED) is 0.579. The molecule has 0 saturated carbocycles. The normalized spacial score (nSPS) is 20.4. The lowest BCUT2D eigenvalue weighted by Gasteiger charge is -2.33. The van der Waals surface area contributed by atoms with E-state index in [9.17, 15) is 18.0 Å². The second kappa shape index (κ2) is 8.61. The molecule has 3 aromatic carbocycles. The molecule has 176 valence electrons. The number of hydrogen-bond donors (Lipinski definition) is 1. The number of aryl methyl sites for hydroxylation is 2. The van der Waals surface area contributed by atoms with Gasteiger partial charge in [0.25, 0.3) is 5.91 Å². The van der Waals surface area contributed by atoms with E-state index in [0.717, 1.165) is 26.8 Å².